The summed E-state index contributed by atoms with van der Waals surface area (Å²) in [6.07, 6.45) is 3.65. The first kappa shape index (κ1) is 16.8. The van der Waals surface area contributed by atoms with E-state index in [1.807, 2.05) is 6.07 Å². The first-order valence-electron chi connectivity index (χ1n) is 8.06. The molecule has 0 aromatic heterocycles. The molecule has 1 aromatic rings. The molecule has 2 N–H and O–H groups in total. The van der Waals surface area contributed by atoms with Gasteiger partial charge in [-0.1, -0.05) is 32.9 Å². The quantitative estimate of drug-likeness (QED) is 0.846. The molecule has 1 aliphatic rings. The Morgan fingerprint density at radius 1 is 1.41 bits per heavy atom. The van der Waals surface area contributed by atoms with Crippen molar-refractivity contribution < 1.29 is 14.6 Å². The van der Waals surface area contributed by atoms with Crippen LogP contribution in [0.15, 0.2) is 18.2 Å². The lowest BCUT2D eigenvalue weighted by Gasteiger charge is -2.22. The molecule has 0 saturated heterocycles. The number of hydrogen-bond donors (Lipinski definition) is 2. The van der Waals surface area contributed by atoms with Gasteiger partial charge in [0, 0.05) is 6.54 Å². The van der Waals surface area contributed by atoms with Crippen molar-refractivity contribution in [3.8, 4) is 5.75 Å². The number of carboxylic acid groups (broad SMARTS) is 1. The van der Waals surface area contributed by atoms with Gasteiger partial charge in [-0.15, -0.1) is 0 Å². The van der Waals surface area contributed by atoms with Gasteiger partial charge >= 0.3 is 5.97 Å². The van der Waals surface area contributed by atoms with Gasteiger partial charge < -0.3 is 15.2 Å². The summed E-state index contributed by atoms with van der Waals surface area (Å²) in [6, 6.07) is 5.68. The number of nitrogens with one attached hydrogen (secondary N) is 1. The molecule has 0 radical (unpaired) electrons. The number of fused-ring (bicyclic) bond motifs is 1. The average molecular weight is 305 g/mol. The maximum absolute atomic E-state index is 11.4. The summed E-state index contributed by atoms with van der Waals surface area (Å²) in [5.74, 6) is 0.172. The van der Waals surface area contributed by atoms with E-state index in [9.17, 15) is 9.90 Å². The zero-order valence-corrected chi connectivity index (χ0v) is 13.8. The van der Waals surface area contributed by atoms with Crippen LogP contribution in [-0.2, 0) is 17.8 Å². The molecule has 0 spiro atoms. The summed E-state index contributed by atoms with van der Waals surface area (Å²) >= 11 is 0. The van der Waals surface area contributed by atoms with Crippen LogP contribution in [0.3, 0.4) is 0 Å². The summed E-state index contributed by atoms with van der Waals surface area (Å²) in [6.45, 7) is 7.72. The first-order valence-corrected chi connectivity index (χ1v) is 8.06. The second kappa shape index (κ2) is 7.14. The fourth-order valence-corrected chi connectivity index (χ4v) is 2.63. The number of benzene rings is 1. The fourth-order valence-electron chi connectivity index (χ4n) is 2.63. The van der Waals surface area contributed by atoms with Crippen LogP contribution in [0.4, 0.5) is 0 Å². The van der Waals surface area contributed by atoms with Gasteiger partial charge in [-0.3, -0.25) is 4.79 Å². The minimum Gasteiger partial charge on any atom is -0.493 e. The van der Waals surface area contributed by atoms with Gasteiger partial charge in [-0.05, 0) is 48.3 Å². The highest BCUT2D eigenvalue weighted by Gasteiger charge is 2.20. The Balaban J connectivity index is 1.93. The lowest BCUT2D eigenvalue weighted by molar-refractivity contribution is -0.139. The number of hydrogen-bond acceptors (Lipinski definition) is 3. The Morgan fingerprint density at radius 2 is 2.18 bits per heavy atom. The molecule has 1 aliphatic heterocycles. The molecule has 1 atom stereocenters. The number of rotatable bonds is 6. The van der Waals surface area contributed by atoms with Crippen LogP contribution < -0.4 is 10.1 Å². The predicted molar refractivity (Wildman–Crippen MR) is 87.2 cm³/mol. The smallest absolute Gasteiger partial charge is 0.320 e. The van der Waals surface area contributed by atoms with Gasteiger partial charge in [-0.2, -0.15) is 0 Å². The molecule has 0 saturated carbocycles. The first-order chi connectivity index (χ1) is 10.3. The highest BCUT2D eigenvalue weighted by Crippen LogP contribution is 2.26. The van der Waals surface area contributed by atoms with Crippen molar-refractivity contribution in [1.82, 2.24) is 5.32 Å². The van der Waals surface area contributed by atoms with E-state index in [-0.39, 0.29) is 5.41 Å². The van der Waals surface area contributed by atoms with Crippen molar-refractivity contribution >= 4 is 5.97 Å². The zero-order valence-electron chi connectivity index (χ0n) is 13.8. The summed E-state index contributed by atoms with van der Waals surface area (Å²) in [7, 11) is 0. The van der Waals surface area contributed by atoms with E-state index >= 15 is 0 Å². The number of ether oxygens (including phenoxy) is 1. The van der Waals surface area contributed by atoms with E-state index in [0.717, 1.165) is 37.2 Å². The molecule has 4 nitrogen and oxygen atoms in total. The molecule has 0 bridgehead atoms. The molecule has 2 rings (SSSR count). The molecule has 0 amide bonds. The van der Waals surface area contributed by atoms with Crippen molar-refractivity contribution in [3.05, 3.63) is 29.3 Å². The Kier molecular flexibility index (Phi) is 5.46. The fraction of sp³-hybridized carbons (Fsp3) is 0.611. The van der Waals surface area contributed by atoms with Crippen molar-refractivity contribution in [2.24, 2.45) is 5.41 Å². The third kappa shape index (κ3) is 5.02. The Hall–Kier alpha value is -1.55. The molecule has 22 heavy (non-hydrogen) atoms. The molecule has 122 valence electrons. The Labute approximate surface area is 132 Å². The van der Waals surface area contributed by atoms with Crippen molar-refractivity contribution in [2.75, 3.05) is 6.61 Å². The molecule has 0 unspecified atom stereocenters. The number of carboxylic acids is 1. The second-order valence-electron chi connectivity index (χ2n) is 7.27. The van der Waals surface area contributed by atoms with Crippen molar-refractivity contribution in [1.29, 1.82) is 0 Å². The van der Waals surface area contributed by atoms with E-state index in [1.165, 1.54) is 5.56 Å². The van der Waals surface area contributed by atoms with Gasteiger partial charge in [0.25, 0.3) is 0 Å². The Morgan fingerprint density at radius 3 is 2.86 bits per heavy atom. The second-order valence-corrected chi connectivity index (χ2v) is 7.27. The minimum atomic E-state index is -0.779. The average Bonchev–Trinajstić information content (AvgIpc) is 2.45. The zero-order chi connectivity index (χ0) is 16.2. The molecule has 0 aliphatic carbocycles. The molecule has 4 heteroatoms. The van der Waals surface area contributed by atoms with E-state index in [2.05, 4.69) is 38.2 Å². The molecular formula is C18H27NO3. The lowest BCUT2D eigenvalue weighted by atomic mass is 9.88. The maximum atomic E-state index is 11.4. The van der Waals surface area contributed by atoms with Gasteiger partial charge in [0.05, 0.1) is 6.61 Å². The van der Waals surface area contributed by atoms with Crippen LogP contribution in [0, 0.1) is 5.41 Å². The van der Waals surface area contributed by atoms with E-state index in [1.54, 1.807) is 0 Å². The van der Waals surface area contributed by atoms with Crippen LogP contribution in [0.1, 0.15) is 51.2 Å². The normalized spacial score (nSPS) is 15.8. The SMILES string of the molecule is CC(C)(C)CC[C@H](NCc1ccc2c(c1)OCCC2)C(=O)O. The van der Waals surface area contributed by atoms with Crippen LogP contribution in [0.25, 0.3) is 0 Å². The van der Waals surface area contributed by atoms with Gasteiger partial charge in [0.1, 0.15) is 11.8 Å². The number of aliphatic carboxylic acids is 1. The van der Waals surface area contributed by atoms with Crippen LogP contribution in [0.2, 0.25) is 0 Å². The minimum absolute atomic E-state index is 0.148. The van der Waals surface area contributed by atoms with E-state index in [0.29, 0.717) is 13.0 Å². The molecule has 1 heterocycles. The van der Waals surface area contributed by atoms with Crippen LogP contribution in [-0.4, -0.2) is 23.7 Å². The lowest BCUT2D eigenvalue weighted by Crippen LogP contribution is -2.37. The summed E-state index contributed by atoms with van der Waals surface area (Å²) in [5.41, 5.74) is 2.47. The van der Waals surface area contributed by atoms with Gasteiger partial charge in [0.15, 0.2) is 0 Å². The predicted octanol–water partition coefficient (Wildman–Crippen LogP) is 3.38. The third-order valence-electron chi connectivity index (χ3n) is 4.01. The monoisotopic (exact) mass is 305 g/mol. The third-order valence-corrected chi connectivity index (χ3v) is 4.01. The van der Waals surface area contributed by atoms with E-state index < -0.39 is 12.0 Å². The van der Waals surface area contributed by atoms with Crippen LogP contribution >= 0.6 is 0 Å². The highest BCUT2D eigenvalue weighted by atomic mass is 16.5. The molecular weight excluding hydrogens is 278 g/mol. The van der Waals surface area contributed by atoms with Crippen LogP contribution in [0.5, 0.6) is 5.75 Å². The number of carbonyl (C=O) groups is 1. The van der Waals surface area contributed by atoms with E-state index in [4.69, 9.17) is 4.74 Å². The van der Waals surface area contributed by atoms with Crippen molar-refractivity contribution in [2.45, 2.75) is 59.0 Å². The summed E-state index contributed by atoms with van der Waals surface area (Å²) in [4.78, 5) is 11.4. The van der Waals surface area contributed by atoms with Crippen molar-refractivity contribution in [3.63, 3.8) is 0 Å². The molecule has 1 aromatic carbocycles. The Bertz CT molecular complexity index is 520. The standard InChI is InChI=1S/C18H27NO3/c1-18(2,3)9-8-15(17(20)21)19-12-13-6-7-14-5-4-10-22-16(14)11-13/h6-7,11,15,19H,4-5,8-10,12H2,1-3H3,(H,20,21)/t15-/m0/s1. The summed E-state index contributed by atoms with van der Waals surface area (Å²) in [5, 5.41) is 12.5. The largest absolute Gasteiger partial charge is 0.493 e. The number of aryl methyl sites for hydroxylation is 1. The maximum Gasteiger partial charge on any atom is 0.320 e. The van der Waals surface area contributed by atoms with Gasteiger partial charge in [0.2, 0.25) is 0 Å². The summed E-state index contributed by atoms with van der Waals surface area (Å²) < 4.78 is 5.67. The molecule has 0 fully saturated rings. The highest BCUT2D eigenvalue weighted by molar-refractivity contribution is 5.73. The van der Waals surface area contributed by atoms with Gasteiger partial charge in [-0.25, -0.2) is 0 Å². The topological polar surface area (TPSA) is 58.6 Å².